The van der Waals surface area contributed by atoms with Gasteiger partial charge in [-0.05, 0) is 18.6 Å². The lowest BCUT2D eigenvalue weighted by molar-refractivity contribution is -0.140. The SMILES string of the molecule is COC(=O)CCCn1c(CC#N)nc2ccccc21. The van der Waals surface area contributed by atoms with Crippen molar-refractivity contribution in [2.75, 3.05) is 7.11 Å². The number of hydrogen-bond acceptors (Lipinski definition) is 4. The summed E-state index contributed by atoms with van der Waals surface area (Å²) in [6.45, 7) is 0.659. The summed E-state index contributed by atoms with van der Waals surface area (Å²) in [5.74, 6) is 0.528. The molecule has 0 aliphatic carbocycles. The highest BCUT2D eigenvalue weighted by Gasteiger charge is 2.10. The Bertz CT molecular complexity index is 625. The van der Waals surface area contributed by atoms with Gasteiger partial charge in [0.05, 0.1) is 30.6 Å². The molecule has 1 aromatic carbocycles. The zero-order valence-electron chi connectivity index (χ0n) is 10.8. The molecular weight excluding hydrogens is 242 g/mol. The van der Waals surface area contributed by atoms with E-state index in [1.165, 1.54) is 7.11 Å². The molecule has 0 fully saturated rings. The third kappa shape index (κ3) is 2.91. The molecule has 0 amide bonds. The lowest BCUT2D eigenvalue weighted by Crippen LogP contribution is -2.07. The molecule has 5 heteroatoms. The minimum atomic E-state index is -0.216. The van der Waals surface area contributed by atoms with Gasteiger partial charge in [-0.25, -0.2) is 4.98 Å². The van der Waals surface area contributed by atoms with Crippen LogP contribution in [-0.4, -0.2) is 22.6 Å². The summed E-state index contributed by atoms with van der Waals surface area (Å²) in [6, 6.07) is 9.88. The van der Waals surface area contributed by atoms with Gasteiger partial charge in [0.1, 0.15) is 5.82 Å². The van der Waals surface area contributed by atoms with E-state index in [0.29, 0.717) is 19.4 Å². The van der Waals surface area contributed by atoms with Gasteiger partial charge in [-0.2, -0.15) is 5.26 Å². The van der Waals surface area contributed by atoms with Crippen LogP contribution in [0.25, 0.3) is 11.0 Å². The standard InChI is InChI=1S/C14H15N3O2/c1-19-14(18)7-4-10-17-12-6-3-2-5-11(12)16-13(17)8-9-15/h2-3,5-6H,4,7-8,10H2,1H3. The number of rotatable bonds is 5. The van der Waals surface area contributed by atoms with Crippen molar-refractivity contribution < 1.29 is 9.53 Å². The molecule has 0 atom stereocenters. The van der Waals surface area contributed by atoms with E-state index in [-0.39, 0.29) is 12.4 Å². The number of nitrogens with zero attached hydrogens (tertiary/aromatic N) is 3. The van der Waals surface area contributed by atoms with Gasteiger partial charge in [0.2, 0.25) is 0 Å². The highest BCUT2D eigenvalue weighted by molar-refractivity contribution is 5.76. The van der Waals surface area contributed by atoms with Gasteiger partial charge >= 0.3 is 5.97 Å². The number of fused-ring (bicyclic) bond motifs is 1. The number of carbonyl (C=O) groups is 1. The average molecular weight is 257 g/mol. The normalized spacial score (nSPS) is 10.3. The number of hydrogen-bond donors (Lipinski definition) is 0. The monoisotopic (exact) mass is 257 g/mol. The largest absolute Gasteiger partial charge is 0.469 e. The van der Waals surface area contributed by atoms with Gasteiger partial charge in [-0.15, -0.1) is 0 Å². The van der Waals surface area contributed by atoms with E-state index >= 15 is 0 Å². The maximum atomic E-state index is 11.1. The van der Waals surface area contributed by atoms with Crippen molar-refractivity contribution in [3.8, 4) is 6.07 Å². The Morgan fingerprint density at radius 2 is 2.26 bits per heavy atom. The quantitative estimate of drug-likeness (QED) is 0.769. The van der Waals surface area contributed by atoms with E-state index in [1.807, 2.05) is 28.8 Å². The molecule has 0 bridgehead atoms. The first-order chi connectivity index (χ1) is 9.26. The van der Waals surface area contributed by atoms with E-state index in [0.717, 1.165) is 16.9 Å². The van der Waals surface area contributed by atoms with Crippen LogP contribution in [0.3, 0.4) is 0 Å². The first kappa shape index (κ1) is 13.1. The van der Waals surface area contributed by atoms with Crippen LogP contribution in [0.5, 0.6) is 0 Å². The fraction of sp³-hybridized carbons (Fsp3) is 0.357. The van der Waals surface area contributed by atoms with Crippen LogP contribution in [0.2, 0.25) is 0 Å². The second-order valence-electron chi connectivity index (χ2n) is 4.18. The number of esters is 1. The van der Waals surface area contributed by atoms with Crippen molar-refractivity contribution in [2.45, 2.75) is 25.8 Å². The number of methoxy groups -OCH3 is 1. The lowest BCUT2D eigenvalue weighted by Gasteiger charge is -2.06. The molecule has 2 aromatic rings. The zero-order valence-corrected chi connectivity index (χ0v) is 10.8. The summed E-state index contributed by atoms with van der Waals surface area (Å²) < 4.78 is 6.62. The van der Waals surface area contributed by atoms with E-state index in [4.69, 9.17) is 5.26 Å². The number of nitriles is 1. The Hall–Kier alpha value is -2.35. The van der Waals surface area contributed by atoms with Gasteiger partial charge in [0, 0.05) is 13.0 Å². The van der Waals surface area contributed by atoms with Gasteiger partial charge in [0.15, 0.2) is 0 Å². The maximum absolute atomic E-state index is 11.1. The molecule has 0 unspecified atom stereocenters. The molecule has 0 N–H and O–H groups in total. The average Bonchev–Trinajstić information content (AvgIpc) is 2.77. The predicted molar refractivity (Wildman–Crippen MR) is 70.3 cm³/mol. The molecule has 2 rings (SSSR count). The second-order valence-corrected chi connectivity index (χ2v) is 4.18. The van der Waals surface area contributed by atoms with Gasteiger partial charge in [-0.1, -0.05) is 12.1 Å². The van der Waals surface area contributed by atoms with Crippen LogP contribution in [0, 0.1) is 11.3 Å². The van der Waals surface area contributed by atoms with Gasteiger partial charge in [-0.3, -0.25) is 4.79 Å². The van der Waals surface area contributed by atoms with Gasteiger partial charge < -0.3 is 9.30 Å². The molecule has 19 heavy (non-hydrogen) atoms. The van der Waals surface area contributed by atoms with Crippen LogP contribution >= 0.6 is 0 Å². The molecule has 0 radical (unpaired) electrons. The summed E-state index contributed by atoms with van der Waals surface area (Å²) in [5.41, 5.74) is 1.88. The molecule has 0 aliphatic rings. The van der Waals surface area contributed by atoms with Crippen molar-refractivity contribution in [3.05, 3.63) is 30.1 Å². The van der Waals surface area contributed by atoms with Crippen molar-refractivity contribution in [1.29, 1.82) is 5.26 Å². The van der Waals surface area contributed by atoms with E-state index in [1.54, 1.807) is 0 Å². The molecular formula is C14H15N3O2. The molecule has 0 spiro atoms. The number of benzene rings is 1. The van der Waals surface area contributed by atoms with Crippen LogP contribution in [0.15, 0.2) is 24.3 Å². The highest BCUT2D eigenvalue weighted by atomic mass is 16.5. The number of aryl methyl sites for hydroxylation is 1. The first-order valence-corrected chi connectivity index (χ1v) is 6.14. The minimum absolute atomic E-state index is 0.216. The fourth-order valence-electron chi connectivity index (χ4n) is 2.06. The Kier molecular flexibility index (Phi) is 4.14. The molecule has 0 saturated heterocycles. The van der Waals surface area contributed by atoms with Crippen LogP contribution in [0.1, 0.15) is 18.7 Å². The van der Waals surface area contributed by atoms with Crippen LogP contribution < -0.4 is 0 Å². The van der Waals surface area contributed by atoms with E-state index in [9.17, 15) is 4.79 Å². The Morgan fingerprint density at radius 1 is 1.47 bits per heavy atom. The molecule has 5 nitrogen and oxygen atoms in total. The van der Waals surface area contributed by atoms with Crippen molar-refractivity contribution in [1.82, 2.24) is 9.55 Å². The maximum Gasteiger partial charge on any atom is 0.305 e. The third-order valence-electron chi connectivity index (χ3n) is 2.96. The summed E-state index contributed by atoms with van der Waals surface area (Å²) in [4.78, 5) is 15.6. The van der Waals surface area contributed by atoms with E-state index < -0.39 is 0 Å². The third-order valence-corrected chi connectivity index (χ3v) is 2.96. The zero-order chi connectivity index (χ0) is 13.7. The van der Waals surface area contributed by atoms with Crippen LogP contribution in [0.4, 0.5) is 0 Å². The Labute approximate surface area is 111 Å². The van der Waals surface area contributed by atoms with E-state index in [2.05, 4.69) is 15.8 Å². The van der Waals surface area contributed by atoms with Crippen LogP contribution in [-0.2, 0) is 22.5 Å². The summed E-state index contributed by atoms with van der Waals surface area (Å²) in [6.07, 6.45) is 1.31. The van der Waals surface area contributed by atoms with Crippen molar-refractivity contribution in [2.24, 2.45) is 0 Å². The highest BCUT2D eigenvalue weighted by Crippen LogP contribution is 2.17. The molecule has 1 aromatic heterocycles. The fourth-order valence-corrected chi connectivity index (χ4v) is 2.06. The first-order valence-electron chi connectivity index (χ1n) is 6.14. The lowest BCUT2D eigenvalue weighted by atomic mass is 10.3. The second kappa shape index (κ2) is 6.01. The number of aromatic nitrogens is 2. The predicted octanol–water partition coefficient (Wildman–Crippen LogP) is 2.06. The Morgan fingerprint density at radius 3 is 3.00 bits per heavy atom. The smallest absolute Gasteiger partial charge is 0.305 e. The molecule has 0 aliphatic heterocycles. The summed E-state index contributed by atoms with van der Waals surface area (Å²) in [5, 5.41) is 8.84. The number of para-hydroxylation sites is 2. The number of ether oxygens (including phenoxy) is 1. The molecule has 1 heterocycles. The minimum Gasteiger partial charge on any atom is -0.469 e. The summed E-state index contributed by atoms with van der Waals surface area (Å²) >= 11 is 0. The molecule has 98 valence electrons. The van der Waals surface area contributed by atoms with Gasteiger partial charge in [0.25, 0.3) is 0 Å². The number of carbonyl (C=O) groups excluding carboxylic acids is 1. The van der Waals surface area contributed by atoms with Crippen molar-refractivity contribution in [3.63, 3.8) is 0 Å². The van der Waals surface area contributed by atoms with Crippen molar-refractivity contribution >= 4 is 17.0 Å². The Balaban J connectivity index is 2.22. The summed E-state index contributed by atoms with van der Waals surface area (Å²) in [7, 11) is 1.38. The molecule has 0 saturated carbocycles. The number of imidazole rings is 1. The topological polar surface area (TPSA) is 67.9 Å².